The highest BCUT2D eigenvalue weighted by Crippen LogP contribution is 2.30. The van der Waals surface area contributed by atoms with Crippen molar-refractivity contribution in [1.29, 1.82) is 0 Å². The molecule has 9 heteroatoms. The summed E-state index contributed by atoms with van der Waals surface area (Å²) in [4.78, 5) is 27.7. The van der Waals surface area contributed by atoms with Crippen LogP contribution in [0.4, 0.5) is 5.69 Å². The molecular weight excluding hydrogens is 454 g/mol. The van der Waals surface area contributed by atoms with E-state index in [0.717, 1.165) is 29.0 Å². The molecule has 2 aromatic carbocycles. The van der Waals surface area contributed by atoms with Gasteiger partial charge in [0.2, 0.25) is 21.8 Å². The molecule has 2 aromatic rings. The van der Waals surface area contributed by atoms with Gasteiger partial charge in [0.05, 0.1) is 18.6 Å². The predicted molar refractivity (Wildman–Crippen MR) is 134 cm³/mol. The molecule has 0 bridgehead atoms. The highest BCUT2D eigenvalue weighted by Gasteiger charge is 2.31. The van der Waals surface area contributed by atoms with Crippen LogP contribution in [0, 0.1) is 0 Å². The molecule has 0 heterocycles. The smallest absolute Gasteiger partial charge is 0.244 e. The van der Waals surface area contributed by atoms with Gasteiger partial charge in [-0.2, -0.15) is 0 Å². The van der Waals surface area contributed by atoms with E-state index in [4.69, 9.17) is 4.74 Å². The van der Waals surface area contributed by atoms with Crippen LogP contribution in [0.5, 0.6) is 5.75 Å². The molecule has 1 atom stereocenters. The van der Waals surface area contributed by atoms with Gasteiger partial charge in [0, 0.05) is 13.1 Å². The number of amides is 2. The van der Waals surface area contributed by atoms with Crippen LogP contribution in [0.25, 0.3) is 0 Å². The Morgan fingerprint density at radius 2 is 1.68 bits per heavy atom. The number of rotatable bonds is 13. The second-order valence-electron chi connectivity index (χ2n) is 8.00. The van der Waals surface area contributed by atoms with E-state index in [1.807, 2.05) is 37.3 Å². The first kappa shape index (κ1) is 27.2. The number of unbranched alkanes of at least 4 members (excludes halogenated alkanes) is 1. The van der Waals surface area contributed by atoms with Gasteiger partial charge in [-0.25, -0.2) is 8.42 Å². The second kappa shape index (κ2) is 13.0. The van der Waals surface area contributed by atoms with Crippen LogP contribution in [0.15, 0.2) is 54.6 Å². The standard InChI is InChI=1S/C25H35N3O5S/c1-5-7-17-26-25(30)20(3)27(18-21-13-9-8-10-14-21)24(29)19-28(34(4,31)32)22-15-11-12-16-23(22)33-6-2/h8-16,20H,5-7,17-19H2,1-4H3,(H,26,30)/t20-/m0/s1. The summed E-state index contributed by atoms with van der Waals surface area (Å²) < 4.78 is 32.0. The largest absolute Gasteiger partial charge is 0.492 e. The van der Waals surface area contributed by atoms with Crippen LogP contribution in [0.1, 0.15) is 39.2 Å². The third-order valence-corrected chi connectivity index (χ3v) is 6.43. The Morgan fingerprint density at radius 3 is 2.29 bits per heavy atom. The summed E-state index contributed by atoms with van der Waals surface area (Å²) in [5.41, 5.74) is 1.12. The molecule has 1 N–H and O–H groups in total. The topological polar surface area (TPSA) is 96.0 Å². The van der Waals surface area contributed by atoms with Crippen LogP contribution < -0.4 is 14.4 Å². The Bertz CT molecular complexity index is 1040. The fourth-order valence-corrected chi connectivity index (χ4v) is 4.29. The van der Waals surface area contributed by atoms with Gasteiger partial charge in [0.25, 0.3) is 0 Å². The van der Waals surface area contributed by atoms with E-state index in [1.165, 1.54) is 4.90 Å². The number of benzene rings is 2. The van der Waals surface area contributed by atoms with Crippen molar-refractivity contribution in [3.8, 4) is 5.75 Å². The van der Waals surface area contributed by atoms with Crippen LogP contribution in [0.2, 0.25) is 0 Å². The van der Waals surface area contributed by atoms with Crippen molar-refractivity contribution < 1.29 is 22.7 Å². The van der Waals surface area contributed by atoms with Gasteiger partial charge >= 0.3 is 0 Å². The van der Waals surface area contributed by atoms with Gasteiger partial charge in [0.15, 0.2) is 0 Å². The summed E-state index contributed by atoms with van der Waals surface area (Å²) in [5.74, 6) is -0.403. The number of sulfonamides is 1. The Balaban J connectivity index is 2.36. The summed E-state index contributed by atoms with van der Waals surface area (Å²) in [6.45, 7) is 6.06. The molecule has 0 fully saturated rings. The Morgan fingerprint density at radius 1 is 1.03 bits per heavy atom. The fourth-order valence-electron chi connectivity index (χ4n) is 3.43. The van der Waals surface area contributed by atoms with Crippen LogP contribution in [-0.4, -0.2) is 57.1 Å². The van der Waals surface area contributed by atoms with E-state index < -0.39 is 28.5 Å². The predicted octanol–water partition coefficient (Wildman–Crippen LogP) is 3.18. The number of carbonyl (C=O) groups is 2. The van der Waals surface area contributed by atoms with E-state index in [2.05, 4.69) is 5.32 Å². The van der Waals surface area contributed by atoms with Crippen molar-refractivity contribution in [1.82, 2.24) is 10.2 Å². The van der Waals surface area contributed by atoms with Crippen LogP contribution >= 0.6 is 0 Å². The highest BCUT2D eigenvalue weighted by atomic mass is 32.2. The number of ether oxygens (including phenoxy) is 1. The summed E-state index contributed by atoms with van der Waals surface area (Å²) in [7, 11) is -3.82. The molecule has 0 aliphatic heterocycles. The molecule has 0 aliphatic rings. The van der Waals surface area contributed by atoms with E-state index in [0.29, 0.717) is 18.9 Å². The van der Waals surface area contributed by atoms with Crippen molar-refractivity contribution in [3.63, 3.8) is 0 Å². The van der Waals surface area contributed by atoms with Gasteiger partial charge in [-0.1, -0.05) is 55.8 Å². The van der Waals surface area contributed by atoms with E-state index in [9.17, 15) is 18.0 Å². The number of nitrogens with zero attached hydrogens (tertiary/aromatic N) is 2. The summed E-state index contributed by atoms with van der Waals surface area (Å²) in [6, 6.07) is 15.2. The molecule has 0 aliphatic carbocycles. The Hall–Kier alpha value is -3.07. The van der Waals surface area contributed by atoms with Gasteiger partial charge in [-0.05, 0) is 38.0 Å². The van der Waals surface area contributed by atoms with Crippen molar-refractivity contribution in [2.24, 2.45) is 0 Å². The molecule has 2 rings (SSSR count). The molecule has 0 saturated carbocycles. The van der Waals surface area contributed by atoms with Gasteiger partial charge in [-0.3, -0.25) is 13.9 Å². The number of hydrogen-bond donors (Lipinski definition) is 1. The van der Waals surface area contributed by atoms with Crippen molar-refractivity contribution in [2.75, 3.05) is 30.3 Å². The zero-order valence-electron chi connectivity index (χ0n) is 20.4. The minimum absolute atomic E-state index is 0.173. The Labute approximate surface area is 202 Å². The molecule has 34 heavy (non-hydrogen) atoms. The highest BCUT2D eigenvalue weighted by molar-refractivity contribution is 7.92. The molecule has 8 nitrogen and oxygen atoms in total. The first-order valence-corrected chi connectivity index (χ1v) is 13.3. The molecule has 0 aromatic heterocycles. The molecule has 0 saturated heterocycles. The maximum Gasteiger partial charge on any atom is 0.244 e. The first-order valence-electron chi connectivity index (χ1n) is 11.5. The minimum Gasteiger partial charge on any atom is -0.492 e. The van der Waals surface area contributed by atoms with Crippen LogP contribution in [0.3, 0.4) is 0 Å². The molecule has 2 amide bonds. The lowest BCUT2D eigenvalue weighted by Crippen LogP contribution is -2.51. The molecular formula is C25H35N3O5S. The van der Waals surface area contributed by atoms with E-state index >= 15 is 0 Å². The number of nitrogens with one attached hydrogen (secondary N) is 1. The third-order valence-electron chi connectivity index (χ3n) is 5.31. The maximum absolute atomic E-state index is 13.5. The lowest BCUT2D eigenvalue weighted by molar-refractivity contribution is -0.139. The molecule has 0 spiro atoms. The molecule has 186 valence electrons. The van der Waals surface area contributed by atoms with Gasteiger partial charge in [0.1, 0.15) is 18.3 Å². The number of hydrogen-bond acceptors (Lipinski definition) is 5. The van der Waals surface area contributed by atoms with Crippen molar-refractivity contribution >= 4 is 27.5 Å². The second-order valence-corrected chi connectivity index (χ2v) is 9.90. The van der Waals surface area contributed by atoms with Crippen LogP contribution in [-0.2, 0) is 26.2 Å². The Kier molecular flexibility index (Phi) is 10.4. The fraction of sp³-hybridized carbons (Fsp3) is 0.440. The summed E-state index contributed by atoms with van der Waals surface area (Å²) >= 11 is 0. The average Bonchev–Trinajstić information content (AvgIpc) is 2.81. The summed E-state index contributed by atoms with van der Waals surface area (Å²) in [6.07, 6.45) is 2.82. The third kappa shape index (κ3) is 7.76. The lowest BCUT2D eigenvalue weighted by Gasteiger charge is -2.32. The van der Waals surface area contributed by atoms with Crippen molar-refractivity contribution in [2.45, 2.75) is 46.2 Å². The van der Waals surface area contributed by atoms with E-state index in [-0.39, 0.29) is 18.1 Å². The number of carbonyl (C=O) groups excluding carboxylic acids is 2. The number of para-hydroxylation sites is 2. The number of anilines is 1. The SMILES string of the molecule is CCCCNC(=O)[C@H](C)N(Cc1ccccc1)C(=O)CN(c1ccccc1OCC)S(C)(=O)=O. The zero-order chi connectivity index (χ0) is 25.1. The maximum atomic E-state index is 13.5. The zero-order valence-corrected chi connectivity index (χ0v) is 21.2. The van der Waals surface area contributed by atoms with E-state index in [1.54, 1.807) is 38.1 Å². The summed E-state index contributed by atoms with van der Waals surface area (Å²) in [5, 5.41) is 2.86. The first-order chi connectivity index (χ1) is 16.2. The molecule has 0 radical (unpaired) electrons. The normalized spacial score (nSPS) is 12.0. The monoisotopic (exact) mass is 489 g/mol. The average molecular weight is 490 g/mol. The van der Waals surface area contributed by atoms with Gasteiger partial charge < -0.3 is 15.0 Å². The minimum atomic E-state index is -3.82. The lowest BCUT2D eigenvalue weighted by atomic mass is 10.1. The van der Waals surface area contributed by atoms with Crippen molar-refractivity contribution in [3.05, 3.63) is 60.2 Å². The molecule has 0 unspecified atom stereocenters. The van der Waals surface area contributed by atoms with Gasteiger partial charge in [-0.15, -0.1) is 0 Å². The quantitative estimate of drug-likeness (QED) is 0.436.